The van der Waals surface area contributed by atoms with Crippen LogP contribution < -0.4 is 4.80 Å². The molecule has 150 valence electrons. The van der Waals surface area contributed by atoms with Crippen LogP contribution in [0.3, 0.4) is 0 Å². The molecule has 2 aromatic carbocycles. The number of nitro benzene ring substituents is 1. The Morgan fingerprint density at radius 2 is 1.97 bits per heavy atom. The highest BCUT2D eigenvalue weighted by molar-refractivity contribution is 7.90. The maximum atomic E-state index is 12.4. The van der Waals surface area contributed by atoms with Crippen molar-refractivity contribution in [3.63, 3.8) is 0 Å². The minimum atomic E-state index is -3.35. The normalized spacial score (nSPS) is 12.2. The number of carbonyl (C=O) groups is 1. The third-order valence-electron chi connectivity index (χ3n) is 4.12. The van der Waals surface area contributed by atoms with E-state index in [1.54, 1.807) is 22.8 Å². The average Bonchev–Trinajstić information content (AvgIpc) is 2.98. The molecule has 10 heteroatoms. The van der Waals surface area contributed by atoms with E-state index in [2.05, 4.69) is 11.6 Å². The van der Waals surface area contributed by atoms with E-state index in [0.717, 1.165) is 11.8 Å². The number of hydrogen-bond acceptors (Lipinski definition) is 6. The molecule has 0 aliphatic heterocycles. The van der Waals surface area contributed by atoms with Gasteiger partial charge in [-0.15, -0.1) is 6.58 Å². The fourth-order valence-electron chi connectivity index (χ4n) is 2.73. The molecule has 8 nitrogen and oxygen atoms in total. The van der Waals surface area contributed by atoms with Crippen molar-refractivity contribution in [2.45, 2.75) is 17.9 Å². The lowest BCUT2D eigenvalue weighted by atomic mass is 10.1. The standard InChI is InChI=1S/C19H17N3O5S2/c1-3-10-21-16-9-8-15(29(2,26)27)12-17(16)28-19(21)20-18(23)11-13-4-6-14(7-5-13)22(24)25/h3-9,12H,1,10-11H2,2H3. The van der Waals surface area contributed by atoms with Gasteiger partial charge in [-0.2, -0.15) is 4.99 Å². The Balaban J connectivity index is 1.99. The number of nitro groups is 1. The van der Waals surface area contributed by atoms with Crippen LogP contribution in [0.15, 0.2) is 65.0 Å². The highest BCUT2D eigenvalue weighted by Crippen LogP contribution is 2.22. The van der Waals surface area contributed by atoms with E-state index in [1.165, 1.54) is 41.7 Å². The molecular weight excluding hydrogens is 414 g/mol. The first-order valence-corrected chi connectivity index (χ1v) is 11.1. The van der Waals surface area contributed by atoms with Crippen molar-refractivity contribution in [1.29, 1.82) is 0 Å². The van der Waals surface area contributed by atoms with Gasteiger partial charge in [0.2, 0.25) is 0 Å². The van der Waals surface area contributed by atoms with Gasteiger partial charge >= 0.3 is 0 Å². The second-order valence-corrected chi connectivity index (χ2v) is 9.32. The van der Waals surface area contributed by atoms with Crippen molar-refractivity contribution in [2.24, 2.45) is 4.99 Å². The van der Waals surface area contributed by atoms with Crippen LogP contribution in [0.2, 0.25) is 0 Å². The van der Waals surface area contributed by atoms with E-state index in [9.17, 15) is 23.3 Å². The summed E-state index contributed by atoms with van der Waals surface area (Å²) in [4.78, 5) is 27.4. The van der Waals surface area contributed by atoms with Crippen molar-refractivity contribution in [3.8, 4) is 0 Å². The molecule has 29 heavy (non-hydrogen) atoms. The lowest BCUT2D eigenvalue weighted by molar-refractivity contribution is -0.384. The van der Waals surface area contributed by atoms with Gasteiger partial charge in [0.25, 0.3) is 11.6 Å². The first-order valence-electron chi connectivity index (χ1n) is 8.44. The molecule has 0 spiro atoms. The Bertz CT molecular complexity index is 1290. The number of amides is 1. The third kappa shape index (κ3) is 4.66. The maximum absolute atomic E-state index is 12.4. The van der Waals surface area contributed by atoms with E-state index < -0.39 is 20.7 Å². The van der Waals surface area contributed by atoms with E-state index in [0.29, 0.717) is 21.6 Å². The molecular formula is C19H17N3O5S2. The molecule has 3 rings (SSSR count). The summed E-state index contributed by atoms with van der Waals surface area (Å²) in [5.41, 5.74) is 1.32. The maximum Gasteiger partial charge on any atom is 0.269 e. The summed E-state index contributed by atoms with van der Waals surface area (Å²) in [6, 6.07) is 10.5. The number of benzene rings is 2. The zero-order valence-corrected chi connectivity index (χ0v) is 17.1. The van der Waals surface area contributed by atoms with Crippen LogP contribution in [0.5, 0.6) is 0 Å². The average molecular weight is 431 g/mol. The number of sulfone groups is 1. The molecule has 0 aliphatic carbocycles. The van der Waals surface area contributed by atoms with Crippen LogP contribution in [0.1, 0.15) is 5.56 Å². The molecule has 0 fully saturated rings. The molecule has 0 atom stereocenters. The second-order valence-electron chi connectivity index (χ2n) is 6.29. The Morgan fingerprint density at radius 3 is 2.55 bits per heavy atom. The van der Waals surface area contributed by atoms with Crippen LogP contribution in [0.4, 0.5) is 5.69 Å². The largest absolute Gasteiger partial charge is 0.313 e. The molecule has 0 saturated heterocycles. The minimum Gasteiger partial charge on any atom is -0.313 e. The molecule has 0 bridgehead atoms. The Morgan fingerprint density at radius 1 is 1.28 bits per heavy atom. The summed E-state index contributed by atoms with van der Waals surface area (Å²) in [6.45, 7) is 4.12. The summed E-state index contributed by atoms with van der Waals surface area (Å²) in [5, 5.41) is 10.7. The Kier molecular flexibility index (Phi) is 5.76. The fraction of sp³-hybridized carbons (Fsp3) is 0.158. The van der Waals surface area contributed by atoms with E-state index in [4.69, 9.17) is 0 Å². The second kappa shape index (κ2) is 8.10. The molecule has 0 N–H and O–H groups in total. The molecule has 3 aromatic rings. The topological polar surface area (TPSA) is 112 Å². The van der Waals surface area contributed by atoms with Crippen molar-refractivity contribution >= 4 is 43.0 Å². The number of rotatable bonds is 6. The molecule has 0 aliphatic rings. The van der Waals surface area contributed by atoms with Gasteiger partial charge in [-0.1, -0.05) is 29.5 Å². The number of non-ortho nitro benzene ring substituents is 1. The van der Waals surface area contributed by atoms with Gasteiger partial charge in [0.1, 0.15) is 0 Å². The van der Waals surface area contributed by atoms with Crippen LogP contribution >= 0.6 is 11.3 Å². The van der Waals surface area contributed by atoms with Crippen molar-refractivity contribution in [2.75, 3.05) is 6.26 Å². The van der Waals surface area contributed by atoms with Crippen LogP contribution in [-0.2, 0) is 27.6 Å². The van der Waals surface area contributed by atoms with Crippen molar-refractivity contribution in [1.82, 2.24) is 4.57 Å². The van der Waals surface area contributed by atoms with Gasteiger partial charge in [0.15, 0.2) is 14.6 Å². The minimum absolute atomic E-state index is 0.00504. The summed E-state index contributed by atoms with van der Waals surface area (Å²) < 4.78 is 26.1. The van der Waals surface area contributed by atoms with Gasteiger partial charge in [-0.25, -0.2) is 8.42 Å². The number of hydrogen-bond donors (Lipinski definition) is 0. The van der Waals surface area contributed by atoms with Gasteiger partial charge in [-0.3, -0.25) is 14.9 Å². The summed E-state index contributed by atoms with van der Waals surface area (Å²) in [5.74, 6) is -0.411. The molecule has 0 unspecified atom stereocenters. The van der Waals surface area contributed by atoms with Gasteiger partial charge in [0, 0.05) is 24.9 Å². The van der Waals surface area contributed by atoms with Gasteiger partial charge < -0.3 is 4.57 Å². The lowest BCUT2D eigenvalue weighted by Gasteiger charge is -2.02. The summed E-state index contributed by atoms with van der Waals surface area (Å²) >= 11 is 1.21. The molecule has 1 heterocycles. The van der Waals surface area contributed by atoms with Crippen LogP contribution in [-0.4, -0.2) is 30.1 Å². The van der Waals surface area contributed by atoms with E-state index in [1.807, 2.05) is 0 Å². The van der Waals surface area contributed by atoms with Crippen molar-refractivity contribution < 1.29 is 18.1 Å². The predicted molar refractivity (Wildman–Crippen MR) is 110 cm³/mol. The summed E-state index contributed by atoms with van der Waals surface area (Å²) in [7, 11) is -3.35. The third-order valence-corrected chi connectivity index (χ3v) is 6.27. The number of carbonyl (C=O) groups excluding carboxylic acids is 1. The monoisotopic (exact) mass is 431 g/mol. The fourth-order valence-corrected chi connectivity index (χ4v) is 4.55. The predicted octanol–water partition coefficient (Wildman–Crippen LogP) is 2.87. The molecule has 1 amide bonds. The highest BCUT2D eigenvalue weighted by Gasteiger charge is 2.13. The zero-order valence-electron chi connectivity index (χ0n) is 15.4. The Hall–Kier alpha value is -3.11. The smallest absolute Gasteiger partial charge is 0.269 e. The van der Waals surface area contributed by atoms with Gasteiger partial charge in [-0.05, 0) is 23.8 Å². The Labute approximate surface area is 170 Å². The molecule has 1 aromatic heterocycles. The lowest BCUT2D eigenvalue weighted by Crippen LogP contribution is -2.16. The molecule has 0 radical (unpaired) electrons. The quantitative estimate of drug-likeness (QED) is 0.338. The number of fused-ring (bicyclic) bond motifs is 1. The van der Waals surface area contributed by atoms with Gasteiger partial charge in [0.05, 0.1) is 26.5 Å². The summed E-state index contributed by atoms with van der Waals surface area (Å²) in [6.07, 6.45) is 2.80. The van der Waals surface area contributed by atoms with Crippen molar-refractivity contribution in [3.05, 3.63) is 75.6 Å². The van der Waals surface area contributed by atoms with E-state index in [-0.39, 0.29) is 17.0 Å². The first kappa shape index (κ1) is 20.6. The highest BCUT2D eigenvalue weighted by atomic mass is 32.2. The number of thiazole rings is 1. The van der Waals surface area contributed by atoms with Crippen LogP contribution in [0.25, 0.3) is 10.2 Å². The van der Waals surface area contributed by atoms with E-state index >= 15 is 0 Å². The zero-order chi connectivity index (χ0) is 21.2. The number of aromatic nitrogens is 1. The SMILES string of the molecule is C=CCn1c(=NC(=O)Cc2ccc([N+](=O)[O-])cc2)sc2cc(S(C)(=O)=O)ccc21. The first-order chi connectivity index (χ1) is 13.7. The number of nitrogens with zero attached hydrogens (tertiary/aromatic N) is 3. The number of allylic oxidation sites excluding steroid dienone is 1. The van der Waals surface area contributed by atoms with Crippen LogP contribution in [0, 0.1) is 10.1 Å². The molecule has 0 saturated carbocycles.